The van der Waals surface area contributed by atoms with Gasteiger partial charge in [-0.25, -0.2) is 13.8 Å². The van der Waals surface area contributed by atoms with Crippen molar-refractivity contribution in [2.45, 2.75) is 6.43 Å². The molecule has 0 radical (unpaired) electrons. The van der Waals surface area contributed by atoms with Gasteiger partial charge >= 0.3 is 0 Å². The van der Waals surface area contributed by atoms with Gasteiger partial charge in [0.1, 0.15) is 6.61 Å². The summed E-state index contributed by atoms with van der Waals surface area (Å²) < 4.78 is 29.4. The highest BCUT2D eigenvalue weighted by Crippen LogP contribution is 1.93. The SMILES string of the molecule is Cn1ccnc(NCCOCC(F)F)c1=O. The highest BCUT2D eigenvalue weighted by atomic mass is 19.3. The molecule has 0 saturated heterocycles. The quantitative estimate of drug-likeness (QED) is 0.726. The molecule has 0 amide bonds. The van der Waals surface area contributed by atoms with E-state index < -0.39 is 13.0 Å². The first-order valence-corrected chi connectivity index (χ1v) is 4.72. The number of ether oxygens (including phenoxy) is 1. The van der Waals surface area contributed by atoms with Gasteiger partial charge in [-0.1, -0.05) is 0 Å². The maximum atomic E-state index is 11.7. The van der Waals surface area contributed by atoms with Crippen molar-refractivity contribution in [2.24, 2.45) is 7.05 Å². The van der Waals surface area contributed by atoms with Gasteiger partial charge in [-0.15, -0.1) is 0 Å². The van der Waals surface area contributed by atoms with Crippen LogP contribution >= 0.6 is 0 Å². The smallest absolute Gasteiger partial charge is 0.293 e. The van der Waals surface area contributed by atoms with Crippen molar-refractivity contribution in [3.05, 3.63) is 22.7 Å². The van der Waals surface area contributed by atoms with E-state index in [2.05, 4.69) is 15.0 Å². The number of nitrogens with zero attached hydrogens (tertiary/aromatic N) is 2. The van der Waals surface area contributed by atoms with Crippen LogP contribution in [0, 0.1) is 0 Å². The normalized spacial score (nSPS) is 10.8. The Morgan fingerprint density at radius 3 is 3.06 bits per heavy atom. The van der Waals surface area contributed by atoms with E-state index in [1.54, 1.807) is 7.05 Å². The van der Waals surface area contributed by atoms with E-state index >= 15 is 0 Å². The molecule has 0 aliphatic heterocycles. The van der Waals surface area contributed by atoms with Crippen LogP contribution in [-0.4, -0.2) is 35.7 Å². The van der Waals surface area contributed by atoms with Crippen LogP contribution < -0.4 is 10.9 Å². The number of hydrogen-bond acceptors (Lipinski definition) is 4. The maximum Gasteiger partial charge on any atom is 0.293 e. The van der Waals surface area contributed by atoms with E-state index in [0.717, 1.165) is 0 Å². The average Bonchev–Trinajstić information content (AvgIpc) is 2.23. The lowest BCUT2D eigenvalue weighted by Gasteiger charge is -2.06. The summed E-state index contributed by atoms with van der Waals surface area (Å²) in [5.74, 6) is 0.186. The topological polar surface area (TPSA) is 56.1 Å². The summed E-state index contributed by atoms with van der Waals surface area (Å²) >= 11 is 0. The zero-order chi connectivity index (χ0) is 12.0. The predicted molar refractivity (Wildman–Crippen MR) is 54.8 cm³/mol. The molecule has 16 heavy (non-hydrogen) atoms. The fourth-order valence-corrected chi connectivity index (χ4v) is 1.03. The Labute approximate surface area is 91.1 Å². The minimum atomic E-state index is -2.47. The Morgan fingerprint density at radius 2 is 2.38 bits per heavy atom. The van der Waals surface area contributed by atoms with Crippen LogP contribution in [0.4, 0.5) is 14.6 Å². The fraction of sp³-hybridized carbons (Fsp3) is 0.556. The molecule has 0 aliphatic rings. The van der Waals surface area contributed by atoms with Crippen LogP contribution in [0.5, 0.6) is 0 Å². The van der Waals surface area contributed by atoms with Crippen molar-refractivity contribution in [3.63, 3.8) is 0 Å². The van der Waals surface area contributed by atoms with Crippen molar-refractivity contribution >= 4 is 5.82 Å². The van der Waals surface area contributed by atoms with Crippen molar-refractivity contribution in [3.8, 4) is 0 Å². The van der Waals surface area contributed by atoms with Gasteiger partial charge in [0.05, 0.1) is 6.61 Å². The highest BCUT2D eigenvalue weighted by molar-refractivity contribution is 5.30. The van der Waals surface area contributed by atoms with E-state index in [-0.39, 0.29) is 24.5 Å². The van der Waals surface area contributed by atoms with Gasteiger partial charge in [0, 0.05) is 26.0 Å². The molecule has 0 aromatic carbocycles. The lowest BCUT2D eigenvalue weighted by Crippen LogP contribution is -2.24. The standard InChI is InChI=1S/C9H13F2N3O2/c1-14-4-2-12-8(9(14)15)13-3-5-16-6-7(10)11/h2,4,7H,3,5-6H2,1H3,(H,12,13). The van der Waals surface area contributed by atoms with Gasteiger partial charge in [-0.05, 0) is 0 Å². The summed E-state index contributed by atoms with van der Waals surface area (Å²) in [6.07, 6.45) is 0.535. The summed E-state index contributed by atoms with van der Waals surface area (Å²) in [5, 5.41) is 2.71. The summed E-state index contributed by atoms with van der Waals surface area (Å²) in [7, 11) is 1.60. The van der Waals surface area contributed by atoms with Crippen molar-refractivity contribution in [1.82, 2.24) is 9.55 Å². The number of aromatic nitrogens is 2. The average molecular weight is 233 g/mol. The molecule has 90 valence electrons. The van der Waals surface area contributed by atoms with Crippen molar-refractivity contribution in [2.75, 3.05) is 25.1 Å². The molecule has 0 bridgehead atoms. The molecule has 5 nitrogen and oxygen atoms in total. The van der Waals surface area contributed by atoms with E-state index in [4.69, 9.17) is 0 Å². The summed E-state index contributed by atoms with van der Waals surface area (Å²) in [5.41, 5.74) is -0.267. The Balaban J connectivity index is 2.32. The maximum absolute atomic E-state index is 11.7. The molecule has 1 aromatic heterocycles. The highest BCUT2D eigenvalue weighted by Gasteiger charge is 2.03. The monoisotopic (exact) mass is 233 g/mol. The van der Waals surface area contributed by atoms with Crippen LogP contribution in [0.1, 0.15) is 0 Å². The van der Waals surface area contributed by atoms with E-state index in [1.165, 1.54) is 17.0 Å². The number of nitrogens with one attached hydrogen (secondary N) is 1. The largest absolute Gasteiger partial charge is 0.374 e. The number of hydrogen-bond donors (Lipinski definition) is 1. The van der Waals surface area contributed by atoms with Crippen LogP contribution in [0.25, 0.3) is 0 Å². The first-order chi connectivity index (χ1) is 7.61. The second-order valence-electron chi connectivity index (χ2n) is 3.08. The zero-order valence-electron chi connectivity index (χ0n) is 8.82. The number of halogens is 2. The van der Waals surface area contributed by atoms with Gasteiger partial charge < -0.3 is 14.6 Å². The third-order valence-electron chi connectivity index (χ3n) is 1.80. The van der Waals surface area contributed by atoms with Crippen molar-refractivity contribution in [1.29, 1.82) is 0 Å². The molecule has 0 atom stereocenters. The van der Waals surface area contributed by atoms with E-state index in [0.29, 0.717) is 0 Å². The molecule has 0 spiro atoms. The van der Waals surface area contributed by atoms with E-state index in [9.17, 15) is 13.6 Å². The molecule has 1 N–H and O–H groups in total. The fourth-order valence-electron chi connectivity index (χ4n) is 1.03. The summed E-state index contributed by atoms with van der Waals surface area (Å²) in [6, 6.07) is 0. The first kappa shape index (κ1) is 12.6. The van der Waals surface area contributed by atoms with E-state index in [1.807, 2.05) is 0 Å². The van der Waals surface area contributed by atoms with Crippen molar-refractivity contribution < 1.29 is 13.5 Å². The Hall–Kier alpha value is -1.50. The number of anilines is 1. The second kappa shape index (κ2) is 6.16. The lowest BCUT2D eigenvalue weighted by molar-refractivity contribution is 0.0214. The van der Waals surface area contributed by atoms with Gasteiger partial charge in [0.15, 0.2) is 5.82 Å². The summed E-state index contributed by atoms with van der Waals surface area (Å²) in [6.45, 7) is -0.231. The second-order valence-corrected chi connectivity index (χ2v) is 3.08. The first-order valence-electron chi connectivity index (χ1n) is 4.72. The van der Waals surface area contributed by atoms with Gasteiger partial charge in [-0.3, -0.25) is 4.79 Å². The lowest BCUT2D eigenvalue weighted by atomic mass is 10.5. The molecule has 0 aliphatic carbocycles. The minimum Gasteiger partial charge on any atom is -0.374 e. The number of rotatable bonds is 6. The third-order valence-corrected chi connectivity index (χ3v) is 1.80. The molecular formula is C9H13F2N3O2. The molecule has 0 fully saturated rings. The van der Waals surface area contributed by atoms with Gasteiger partial charge in [0.2, 0.25) is 0 Å². The van der Waals surface area contributed by atoms with Gasteiger partial charge in [-0.2, -0.15) is 0 Å². The Kier molecular flexibility index (Phi) is 4.84. The van der Waals surface area contributed by atoms with Crippen LogP contribution in [-0.2, 0) is 11.8 Å². The predicted octanol–water partition coefficient (Wildman–Crippen LogP) is 0.474. The van der Waals surface area contributed by atoms with Crippen LogP contribution in [0.3, 0.4) is 0 Å². The molecule has 7 heteroatoms. The molecule has 0 saturated carbocycles. The zero-order valence-corrected chi connectivity index (χ0v) is 8.82. The molecule has 1 aromatic rings. The molecule has 1 heterocycles. The number of aryl methyl sites for hydroxylation is 1. The van der Waals surface area contributed by atoms with Gasteiger partial charge in [0.25, 0.3) is 12.0 Å². The number of alkyl halides is 2. The summed E-state index contributed by atoms with van der Waals surface area (Å²) in [4.78, 5) is 15.2. The molecule has 1 rings (SSSR count). The Bertz CT molecular complexity index is 381. The minimum absolute atomic E-state index is 0.101. The van der Waals surface area contributed by atoms with Crippen LogP contribution in [0.2, 0.25) is 0 Å². The molecular weight excluding hydrogens is 220 g/mol. The Morgan fingerprint density at radius 1 is 1.62 bits per heavy atom. The van der Waals surface area contributed by atoms with Crippen LogP contribution in [0.15, 0.2) is 17.2 Å². The third kappa shape index (κ3) is 3.93. The molecule has 0 unspecified atom stereocenters.